The number of hydrogen-bond donors (Lipinski definition) is 0. The van der Waals surface area contributed by atoms with Gasteiger partial charge in [0.15, 0.2) is 0 Å². The first-order valence-electron chi connectivity index (χ1n) is 8.14. The number of fused-ring (bicyclic) bond motifs is 3. The highest BCUT2D eigenvalue weighted by atomic mass is 16.5. The third kappa shape index (κ3) is 2.38. The molecule has 0 amide bonds. The predicted molar refractivity (Wildman–Crippen MR) is 93.2 cm³/mol. The topological polar surface area (TPSA) is 37.2 Å². The van der Waals surface area contributed by atoms with Crippen molar-refractivity contribution >= 4 is 11.9 Å². The number of benzene rings is 1. The number of aliphatic imine (C=N–C) groups is 1. The molecule has 23 heavy (non-hydrogen) atoms. The minimum atomic E-state index is 0.332. The van der Waals surface area contributed by atoms with Crippen LogP contribution in [0.3, 0.4) is 0 Å². The first-order valence-corrected chi connectivity index (χ1v) is 8.14. The van der Waals surface area contributed by atoms with Gasteiger partial charge in [0.2, 0.25) is 0 Å². The summed E-state index contributed by atoms with van der Waals surface area (Å²) in [6.07, 6.45) is 11.2. The van der Waals surface area contributed by atoms with Gasteiger partial charge in [-0.1, -0.05) is 12.1 Å². The van der Waals surface area contributed by atoms with Gasteiger partial charge in [-0.05, 0) is 48.6 Å². The summed E-state index contributed by atoms with van der Waals surface area (Å²) >= 11 is 0. The number of aryl methyl sites for hydroxylation is 1. The molecule has 2 heterocycles. The van der Waals surface area contributed by atoms with Gasteiger partial charge in [0.1, 0.15) is 5.75 Å². The van der Waals surface area contributed by atoms with Crippen molar-refractivity contribution in [3.05, 3.63) is 53.3 Å². The van der Waals surface area contributed by atoms with Crippen LogP contribution in [-0.4, -0.2) is 37.1 Å². The second-order valence-corrected chi connectivity index (χ2v) is 6.30. The number of ether oxygens (including phenoxy) is 1. The molecule has 0 fully saturated rings. The maximum atomic E-state index is 5.41. The molecular formula is C19H21N3O. The van der Waals surface area contributed by atoms with E-state index in [4.69, 9.17) is 9.84 Å². The Bertz CT molecular complexity index is 745. The molecule has 1 aromatic carbocycles. The number of hydrogen-bond acceptors (Lipinski definition) is 4. The molecule has 0 bridgehead atoms. The Morgan fingerprint density at radius 2 is 2.22 bits per heavy atom. The van der Waals surface area contributed by atoms with E-state index >= 15 is 0 Å². The maximum Gasteiger partial charge on any atom is 0.119 e. The Labute approximate surface area is 136 Å². The molecule has 0 spiro atoms. The van der Waals surface area contributed by atoms with Gasteiger partial charge in [-0.25, -0.2) is 0 Å². The monoisotopic (exact) mass is 307 g/mol. The lowest BCUT2D eigenvalue weighted by molar-refractivity contribution is 0.271. The first-order chi connectivity index (χ1) is 11.3. The summed E-state index contributed by atoms with van der Waals surface area (Å²) in [7, 11) is 3.80. The van der Waals surface area contributed by atoms with E-state index in [0.29, 0.717) is 12.0 Å². The van der Waals surface area contributed by atoms with Crippen LogP contribution in [0.1, 0.15) is 24.0 Å². The second kappa shape index (κ2) is 5.69. The van der Waals surface area contributed by atoms with Gasteiger partial charge < -0.3 is 4.74 Å². The molecule has 2 atom stereocenters. The number of allylic oxidation sites excluding steroid dienone is 2. The van der Waals surface area contributed by atoms with Gasteiger partial charge >= 0.3 is 0 Å². The van der Waals surface area contributed by atoms with E-state index in [1.807, 2.05) is 18.5 Å². The van der Waals surface area contributed by atoms with Crippen LogP contribution in [0.4, 0.5) is 0 Å². The van der Waals surface area contributed by atoms with Crippen LogP contribution in [-0.2, 0) is 6.42 Å². The summed E-state index contributed by atoms with van der Waals surface area (Å²) in [4.78, 5) is 4.23. The summed E-state index contributed by atoms with van der Waals surface area (Å²) in [5, 5.41) is 7.03. The Hall–Kier alpha value is -2.36. The van der Waals surface area contributed by atoms with Crippen molar-refractivity contribution in [3.63, 3.8) is 0 Å². The number of methoxy groups -OCH3 is 1. The van der Waals surface area contributed by atoms with Crippen molar-refractivity contribution in [3.8, 4) is 5.75 Å². The Kier molecular flexibility index (Phi) is 3.52. The zero-order valence-corrected chi connectivity index (χ0v) is 13.6. The molecule has 118 valence electrons. The summed E-state index contributed by atoms with van der Waals surface area (Å²) in [5.74, 6) is 1.35. The second-order valence-electron chi connectivity index (χ2n) is 6.30. The molecule has 4 heteroatoms. The molecule has 0 radical (unpaired) electrons. The van der Waals surface area contributed by atoms with Crippen molar-refractivity contribution in [2.75, 3.05) is 14.2 Å². The van der Waals surface area contributed by atoms with Gasteiger partial charge in [-0.3, -0.25) is 10.0 Å². The highest BCUT2D eigenvalue weighted by Crippen LogP contribution is 2.39. The molecule has 2 unspecified atom stereocenters. The largest absolute Gasteiger partial charge is 0.497 e. The van der Waals surface area contributed by atoms with Crippen LogP contribution in [0.15, 0.2) is 52.2 Å². The molecule has 0 aromatic heterocycles. The quantitative estimate of drug-likeness (QED) is 0.841. The van der Waals surface area contributed by atoms with E-state index < -0.39 is 0 Å². The fraction of sp³-hybridized carbons (Fsp3) is 0.368. The standard InChI is InChI=1S/C19H21N3O/c1-22-19(14-4-3-10-20-11-9-14)16-8-6-13-5-7-15(23-2)12-17(13)18(16)21-22/h3,5,7,9-12,16,19H,4,6,8H2,1-2H3. The van der Waals surface area contributed by atoms with Gasteiger partial charge in [-0.2, -0.15) is 5.10 Å². The minimum absolute atomic E-state index is 0.332. The molecule has 4 nitrogen and oxygen atoms in total. The lowest BCUT2D eigenvalue weighted by Crippen LogP contribution is -2.35. The van der Waals surface area contributed by atoms with Crippen LogP contribution >= 0.6 is 0 Å². The number of hydrazone groups is 1. The highest BCUT2D eigenvalue weighted by Gasteiger charge is 2.40. The van der Waals surface area contributed by atoms with Gasteiger partial charge in [0, 0.05) is 30.9 Å². The van der Waals surface area contributed by atoms with Crippen LogP contribution in [0, 0.1) is 5.92 Å². The number of nitrogens with zero attached hydrogens (tertiary/aromatic N) is 3. The van der Waals surface area contributed by atoms with Crippen molar-refractivity contribution in [1.29, 1.82) is 0 Å². The zero-order valence-electron chi connectivity index (χ0n) is 13.6. The van der Waals surface area contributed by atoms with Crippen molar-refractivity contribution < 1.29 is 4.74 Å². The molecule has 0 saturated heterocycles. The molecular weight excluding hydrogens is 286 g/mol. The Morgan fingerprint density at radius 3 is 3.09 bits per heavy atom. The summed E-state index contributed by atoms with van der Waals surface area (Å²) in [6.45, 7) is 0. The average molecular weight is 307 g/mol. The minimum Gasteiger partial charge on any atom is -0.497 e. The average Bonchev–Trinajstić information content (AvgIpc) is 2.75. The highest BCUT2D eigenvalue weighted by molar-refractivity contribution is 6.06. The number of rotatable bonds is 2. The van der Waals surface area contributed by atoms with Crippen molar-refractivity contribution in [2.45, 2.75) is 25.3 Å². The van der Waals surface area contributed by atoms with Crippen LogP contribution in [0.25, 0.3) is 0 Å². The molecule has 0 N–H and O–H groups in total. The number of likely N-dealkylation sites (N-methyl/N-ethyl adjacent to an activating group) is 1. The van der Waals surface area contributed by atoms with Crippen molar-refractivity contribution in [1.82, 2.24) is 5.01 Å². The van der Waals surface area contributed by atoms with E-state index in [-0.39, 0.29) is 0 Å². The van der Waals surface area contributed by atoms with Crippen LogP contribution in [0.2, 0.25) is 0 Å². The Morgan fingerprint density at radius 1 is 1.30 bits per heavy atom. The first kappa shape index (κ1) is 14.2. The molecule has 1 aromatic rings. The smallest absolute Gasteiger partial charge is 0.119 e. The summed E-state index contributed by atoms with van der Waals surface area (Å²) in [6, 6.07) is 6.70. The SMILES string of the molecule is COc1ccc2c(c1)C1=NN(C)C(C3=CC=NC=CC3)C1CC2. The summed E-state index contributed by atoms with van der Waals surface area (Å²) < 4.78 is 5.41. The fourth-order valence-electron chi connectivity index (χ4n) is 3.94. The van der Waals surface area contributed by atoms with E-state index in [1.54, 1.807) is 7.11 Å². The molecule has 4 rings (SSSR count). The van der Waals surface area contributed by atoms with E-state index in [0.717, 1.165) is 25.0 Å². The normalized spacial score (nSPS) is 25.4. The van der Waals surface area contributed by atoms with Gasteiger partial charge in [0.25, 0.3) is 0 Å². The predicted octanol–water partition coefficient (Wildman–Crippen LogP) is 3.19. The lowest BCUT2D eigenvalue weighted by atomic mass is 9.76. The van der Waals surface area contributed by atoms with E-state index in [1.165, 1.54) is 22.4 Å². The zero-order chi connectivity index (χ0) is 15.8. The van der Waals surface area contributed by atoms with Crippen LogP contribution < -0.4 is 4.74 Å². The molecule has 1 aliphatic carbocycles. The maximum absolute atomic E-state index is 5.41. The molecule has 0 saturated carbocycles. The van der Waals surface area contributed by atoms with Crippen LogP contribution in [0.5, 0.6) is 5.75 Å². The summed E-state index contributed by atoms with van der Waals surface area (Å²) in [5.41, 5.74) is 5.24. The third-order valence-electron chi connectivity index (χ3n) is 5.02. The molecule has 3 aliphatic rings. The van der Waals surface area contributed by atoms with Gasteiger partial charge in [0.05, 0.1) is 18.9 Å². The molecule has 2 aliphatic heterocycles. The lowest BCUT2D eigenvalue weighted by Gasteiger charge is -2.30. The van der Waals surface area contributed by atoms with Gasteiger partial charge in [-0.15, -0.1) is 0 Å². The fourth-order valence-corrected chi connectivity index (χ4v) is 3.94. The third-order valence-corrected chi connectivity index (χ3v) is 5.02. The Balaban J connectivity index is 1.71. The van der Waals surface area contributed by atoms with E-state index in [2.05, 4.69) is 41.3 Å². The van der Waals surface area contributed by atoms with Crippen molar-refractivity contribution in [2.24, 2.45) is 16.0 Å². The van der Waals surface area contributed by atoms with E-state index in [9.17, 15) is 0 Å².